The number of halogens is 1. The van der Waals surface area contributed by atoms with Crippen LogP contribution in [0.15, 0.2) is 24.3 Å². The second kappa shape index (κ2) is 6.84. The van der Waals surface area contributed by atoms with Crippen molar-refractivity contribution in [2.45, 2.75) is 32.7 Å². The van der Waals surface area contributed by atoms with Gasteiger partial charge >= 0.3 is 0 Å². The summed E-state index contributed by atoms with van der Waals surface area (Å²) in [5.41, 5.74) is 3.33. The minimum absolute atomic E-state index is 0.212. The minimum Gasteiger partial charge on any atom is -0.336 e. The number of carbonyl (C=O) groups excluding carboxylic acids is 1. The minimum atomic E-state index is -0.735. The van der Waals surface area contributed by atoms with Crippen LogP contribution in [0.25, 0.3) is 0 Å². The Morgan fingerprint density at radius 2 is 2.13 bits per heavy atom. The summed E-state index contributed by atoms with van der Waals surface area (Å²) in [6, 6.07) is 8.31. The molecule has 2 aromatic rings. The molecule has 0 aliphatic carbocycles. The van der Waals surface area contributed by atoms with Gasteiger partial charge in [-0.3, -0.25) is 9.48 Å². The Bertz CT molecular complexity index is 775. The van der Waals surface area contributed by atoms with Crippen LogP contribution in [0.4, 0.5) is 0 Å². The van der Waals surface area contributed by atoms with E-state index in [2.05, 4.69) is 16.5 Å². The Morgan fingerprint density at radius 3 is 2.65 bits per heavy atom. The van der Waals surface area contributed by atoms with E-state index < -0.39 is 12.0 Å². The topological polar surface area (TPSA) is 70.7 Å². The van der Waals surface area contributed by atoms with Gasteiger partial charge in [0.05, 0.1) is 17.7 Å². The summed E-state index contributed by atoms with van der Waals surface area (Å²) in [7, 11) is 1.85. The first-order chi connectivity index (χ1) is 10.8. The number of amides is 1. The molecule has 1 aromatic carbocycles. The van der Waals surface area contributed by atoms with Crippen molar-refractivity contribution in [3.8, 4) is 6.07 Å². The quantitative estimate of drug-likeness (QED) is 0.936. The molecule has 2 atom stereocenters. The highest BCUT2D eigenvalue weighted by atomic mass is 35.5. The summed E-state index contributed by atoms with van der Waals surface area (Å²) >= 11 is 5.95. The second-order valence-corrected chi connectivity index (χ2v) is 5.99. The van der Waals surface area contributed by atoms with E-state index in [0.717, 1.165) is 17.0 Å². The third-order valence-electron chi connectivity index (χ3n) is 3.99. The predicted octanol–water partition coefficient (Wildman–Crippen LogP) is 3.17. The van der Waals surface area contributed by atoms with Crippen molar-refractivity contribution >= 4 is 17.5 Å². The highest BCUT2D eigenvalue weighted by Gasteiger charge is 2.25. The number of aromatic nitrogens is 2. The van der Waals surface area contributed by atoms with Gasteiger partial charge in [0.1, 0.15) is 6.04 Å². The number of nitrogens with zero attached hydrogens (tertiary/aromatic N) is 3. The van der Waals surface area contributed by atoms with E-state index in [0.29, 0.717) is 10.6 Å². The number of rotatable bonds is 4. The molecule has 1 N–H and O–H groups in total. The van der Waals surface area contributed by atoms with Gasteiger partial charge in [-0.2, -0.15) is 10.4 Å². The molecule has 0 saturated heterocycles. The number of hydrogen-bond acceptors (Lipinski definition) is 3. The van der Waals surface area contributed by atoms with Crippen LogP contribution < -0.4 is 5.32 Å². The fraction of sp³-hybridized carbons (Fsp3) is 0.353. The molecular formula is C17H19ClN4O. The van der Waals surface area contributed by atoms with Crippen molar-refractivity contribution in [1.82, 2.24) is 15.1 Å². The van der Waals surface area contributed by atoms with Crippen molar-refractivity contribution in [3.05, 3.63) is 51.8 Å². The molecule has 2 unspecified atom stereocenters. The van der Waals surface area contributed by atoms with E-state index in [1.54, 1.807) is 28.9 Å². The van der Waals surface area contributed by atoms with Gasteiger partial charge in [0, 0.05) is 23.3 Å². The summed E-state index contributed by atoms with van der Waals surface area (Å²) in [5.74, 6) is -0.602. The SMILES string of the molecule is Cc1nn(C)c(C)c1C(C)C(=O)NC(C#N)c1cccc(Cl)c1. The lowest BCUT2D eigenvalue weighted by atomic mass is 9.97. The van der Waals surface area contributed by atoms with E-state index >= 15 is 0 Å². The van der Waals surface area contributed by atoms with E-state index in [1.807, 2.05) is 27.8 Å². The Kier molecular flexibility index (Phi) is 5.07. The van der Waals surface area contributed by atoms with Gasteiger partial charge in [-0.1, -0.05) is 23.7 Å². The fourth-order valence-corrected chi connectivity index (χ4v) is 2.89. The van der Waals surface area contributed by atoms with Crippen molar-refractivity contribution in [2.24, 2.45) is 7.05 Å². The number of hydrogen-bond donors (Lipinski definition) is 1. The maximum Gasteiger partial charge on any atom is 0.228 e. The largest absolute Gasteiger partial charge is 0.336 e. The number of aryl methyl sites for hydroxylation is 2. The van der Waals surface area contributed by atoms with Crippen LogP contribution in [0.1, 0.15) is 41.4 Å². The van der Waals surface area contributed by atoms with Gasteiger partial charge in [-0.15, -0.1) is 0 Å². The van der Waals surface area contributed by atoms with Gasteiger partial charge in [0.15, 0.2) is 0 Å². The lowest BCUT2D eigenvalue weighted by Gasteiger charge is -2.17. The summed E-state index contributed by atoms with van der Waals surface area (Å²) < 4.78 is 1.76. The molecule has 23 heavy (non-hydrogen) atoms. The van der Waals surface area contributed by atoms with Crippen LogP contribution in [0.2, 0.25) is 5.02 Å². The summed E-state index contributed by atoms with van der Waals surface area (Å²) in [6.45, 7) is 5.63. The molecule has 0 aliphatic heterocycles. The highest BCUT2D eigenvalue weighted by Crippen LogP contribution is 2.24. The monoisotopic (exact) mass is 330 g/mol. The zero-order valence-corrected chi connectivity index (χ0v) is 14.3. The first-order valence-electron chi connectivity index (χ1n) is 7.30. The average molecular weight is 331 g/mol. The lowest BCUT2D eigenvalue weighted by Crippen LogP contribution is -2.31. The lowest BCUT2D eigenvalue weighted by molar-refractivity contribution is -0.122. The molecule has 0 aliphatic rings. The molecule has 1 heterocycles. The number of carbonyl (C=O) groups is 1. The Morgan fingerprint density at radius 1 is 1.43 bits per heavy atom. The third-order valence-corrected chi connectivity index (χ3v) is 4.22. The number of benzene rings is 1. The summed E-state index contributed by atoms with van der Waals surface area (Å²) in [6.07, 6.45) is 0. The van der Waals surface area contributed by atoms with Crippen molar-refractivity contribution in [1.29, 1.82) is 5.26 Å². The smallest absolute Gasteiger partial charge is 0.228 e. The first-order valence-corrected chi connectivity index (χ1v) is 7.68. The van der Waals surface area contributed by atoms with Crippen molar-refractivity contribution < 1.29 is 4.79 Å². The Balaban J connectivity index is 2.21. The van der Waals surface area contributed by atoms with Crippen LogP contribution in [0.3, 0.4) is 0 Å². The maximum absolute atomic E-state index is 12.6. The van der Waals surface area contributed by atoms with Gasteiger partial charge in [0.25, 0.3) is 0 Å². The van der Waals surface area contributed by atoms with Gasteiger partial charge < -0.3 is 5.32 Å². The van der Waals surface area contributed by atoms with E-state index in [-0.39, 0.29) is 5.91 Å². The fourth-order valence-electron chi connectivity index (χ4n) is 2.69. The first kappa shape index (κ1) is 17.0. The normalized spacial score (nSPS) is 13.2. The molecule has 1 aromatic heterocycles. The van der Waals surface area contributed by atoms with E-state index in [4.69, 9.17) is 11.6 Å². The molecule has 0 bridgehead atoms. The summed E-state index contributed by atoms with van der Waals surface area (Å²) in [5, 5.41) is 17.0. The maximum atomic E-state index is 12.6. The average Bonchev–Trinajstić information content (AvgIpc) is 2.76. The number of nitriles is 1. The predicted molar refractivity (Wildman–Crippen MR) is 89.0 cm³/mol. The van der Waals surface area contributed by atoms with Crippen LogP contribution in [0, 0.1) is 25.2 Å². The molecule has 1 amide bonds. The van der Waals surface area contributed by atoms with Gasteiger partial charge in [-0.25, -0.2) is 0 Å². The Hall–Kier alpha value is -2.32. The second-order valence-electron chi connectivity index (χ2n) is 5.56. The molecule has 0 fully saturated rings. The van der Waals surface area contributed by atoms with Gasteiger partial charge in [0.2, 0.25) is 5.91 Å². The molecule has 120 valence electrons. The van der Waals surface area contributed by atoms with E-state index in [9.17, 15) is 10.1 Å². The molecule has 0 radical (unpaired) electrons. The molecule has 2 rings (SSSR count). The van der Waals surface area contributed by atoms with Crippen molar-refractivity contribution in [2.75, 3.05) is 0 Å². The summed E-state index contributed by atoms with van der Waals surface area (Å²) in [4.78, 5) is 12.6. The number of nitrogens with one attached hydrogen (secondary N) is 1. The van der Waals surface area contributed by atoms with Gasteiger partial charge in [-0.05, 0) is 38.5 Å². The molecule has 6 heteroatoms. The zero-order valence-electron chi connectivity index (χ0n) is 13.6. The van der Waals surface area contributed by atoms with Crippen LogP contribution in [-0.4, -0.2) is 15.7 Å². The zero-order chi connectivity index (χ0) is 17.1. The van der Waals surface area contributed by atoms with Crippen LogP contribution in [0.5, 0.6) is 0 Å². The van der Waals surface area contributed by atoms with Crippen LogP contribution in [-0.2, 0) is 11.8 Å². The Labute approximate surface area is 140 Å². The highest BCUT2D eigenvalue weighted by molar-refractivity contribution is 6.30. The van der Waals surface area contributed by atoms with Crippen LogP contribution >= 0.6 is 11.6 Å². The molecule has 5 nitrogen and oxygen atoms in total. The molecule has 0 saturated carbocycles. The third kappa shape index (κ3) is 3.54. The van der Waals surface area contributed by atoms with Crippen molar-refractivity contribution in [3.63, 3.8) is 0 Å². The van der Waals surface area contributed by atoms with E-state index in [1.165, 1.54) is 0 Å². The molecule has 0 spiro atoms. The standard InChI is InChI=1S/C17H19ClN4O/c1-10(16-11(2)21-22(4)12(16)3)17(23)20-15(9-19)13-6-5-7-14(18)8-13/h5-8,10,15H,1-4H3,(H,20,23). The molecular weight excluding hydrogens is 312 g/mol.